The summed E-state index contributed by atoms with van der Waals surface area (Å²) in [5.41, 5.74) is 2.34. The molecule has 0 fully saturated rings. The molecule has 0 spiro atoms. The molecule has 0 atom stereocenters. The third-order valence-corrected chi connectivity index (χ3v) is 3.69. The highest BCUT2D eigenvalue weighted by Gasteiger charge is 2.07. The van der Waals surface area contributed by atoms with E-state index in [-0.39, 0.29) is 19.0 Å². The van der Waals surface area contributed by atoms with E-state index in [1.807, 2.05) is 25.1 Å². The van der Waals surface area contributed by atoms with Crippen LogP contribution in [0.5, 0.6) is 0 Å². The van der Waals surface area contributed by atoms with Gasteiger partial charge in [-0.2, -0.15) is 0 Å². The number of benzene rings is 1. The summed E-state index contributed by atoms with van der Waals surface area (Å²) < 4.78 is 0. The van der Waals surface area contributed by atoms with Gasteiger partial charge in [-0.15, -0.1) is 23.7 Å². The Bertz CT molecular complexity index is 456. The van der Waals surface area contributed by atoms with E-state index < -0.39 is 0 Å². The van der Waals surface area contributed by atoms with Crippen LogP contribution in [0.1, 0.15) is 21.1 Å². The minimum absolute atomic E-state index is 0. The van der Waals surface area contributed by atoms with Gasteiger partial charge in [-0.3, -0.25) is 0 Å². The summed E-state index contributed by atoms with van der Waals surface area (Å²) in [6.45, 7) is 2.21. The van der Waals surface area contributed by atoms with Crippen LogP contribution in [0.2, 0.25) is 0 Å². The Balaban J connectivity index is 0.00000144. The third-order valence-electron chi connectivity index (χ3n) is 2.47. The van der Waals surface area contributed by atoms with E-state index in [1.54, 1.807) is 11.3 Å². The third kappa shape index (κ3) is 3.80. The van der Waals surface area contributed by atoms with Crippen molar-refractivity contribution in [2.45, 2.75) is 19.8 Å². The minimum Gasteiger partial charge on any atom is -0.396 e. The molecule has 0 amide bonds. The van der Waals surface area contributed by atoms with Crippen molar-refractivity contribution in [3.05, 3.63) is 51.5 Å². The normalized spacial score (nSPS) is 10.0. The zero-order valence-corrected chi connectivity index (χ0v) is 11.4. The van der Waals surface area contributed by atoms with Crippen molar-refractivity contribution in [2.75, 3.05) is 6.61 Å². The number of aryl methyl sites for hydroxylation is 1. The van der Waals surface area contributed by atoms with E-state index in [2.05, 4.69) is 17.1 Å². The number of aromatic nitrogens is 1. The van der Waals surface area contributed by atoms with Gasteiger partial charge in [0.25, 0.3) is 0 Å². The fourth-order valence-corrected chi connectivity index (χ4v) is 2.76. The van der Waals surface area contributed by atoms with Gasteiger partial charge in [0.15, 0.2) is 0 Å². The van der Waals surface area contributed by atoms with Crippen LogP contribution in [-0.4, -0.2) is 16.7 Å². The van der Waals surface area contributed by atoms with Crippen molar-refractivity contribution in [3.63, 3.8) is 0 Å². The molecule has 92 valence electrons. The molecule has 0 radical (unpaired) electrons. The Labute approximate surface area is 112 Å². The van der Waals surface area contributed by atoms with Gasteiger partial charge in [-0.05, 0) is 12.5 Å². The summed E-state index contributed by atoms with van der Waals surface area (Å²) in [6, 6.07) is 10.3. The van der Waals surface area contributed by atoms with Crippen molar-refractivity contribution < 1.29 is 5.11 Å². The highest BCUT2D eigenvalue weighted by molar-refractivity contribution is 7.11. The van der Waals surface area contributed by atoms with E-state index in [0.29, 0.717) is 0 Å². The monoisotopic (exact) mass is 269 g/mol. The van der Waals surface area contributed by atoms with Crippen molar-refractivity contribution >= 4 is 23.7 Å². The fraction of sp³-hybridized carbons (Fsp3) is 0.308. The Morgan fingerprint density at radius 2 is 1.94 bits per heavy atom. The molecular formula is C13H16ClNOS. The van der Waals surface area contributed by atoms with Crippen molar-refractivity contribution in [1.29, 1.82) is 0 Å². The molecule has 1 aromatic heterocycles. The maximum atomic E-state index is 8.92. The quantitative estimate of drug-likeness (QED) is 0.926. The van der Waals surface area contributed by atoms with Crippen LogP contribution in [-0.2, 0) is 12.8 Å². The summed E-state index contributed by atoms with van der Waals surface area (Å²) in [5, 5.41) is 10.1. The molecule has 1 heterocycles. The van der Waals surface area contributed by atoms with E-state index >= 15 is 0 Å². The minimum atomic E-state index is 0. The van der Waals surface area contributed by atoms with Gasteiger partial charge in [0, 0.05) is 24.3 Å². The molecule has 0 saturated heterocycles. The van der Waals surface area contributed by atoms with Gasteiger partial charge in [-0.1, -0.05) is 30.3 Å². The number of aliphatic hydroxyl groups excluding tert-OH is 1. The van der Waals surface area contributed by atoms with Crippen LogP contribution in [0.25, 0.3) is 0 Å². The van der Waals surface area contributed by atoms with E-state index in [1.165, 1.54) is 10.4 Å². The first-order valence-corrected chi connectivity index (χ1v) is 6.21. The van der Waals surface area contributed by atoms with E-state index in [0.717, 1.165) is 23.5 Å². The lowest BCUT2D eigenvalue weighted by Gasteiger charge is -1.95. The lowest BCUT2D eigenvalue weighted by Crippen LogP contribution is -1.89. The molecule has 0 bridgehead atoms. The topological polar surface area (TPSA) is 33.1 Å². The lowest BCUT2D eigenvalue weighted by molar-refractivity contribution is 0.300. The molecule has 0 unspecified atom stereocenters. The van der Waals surface area contributed by atoms with Crippen LogP contribution in [0.15, 0.2) is 30.3 Å². The number of aliphatic hydroxyl groups is 1. The van der Waals surface area contributed by atoms with E-state index in [4.69, 9.17) is 5.11 Å². The van der Waals surface area contributed by atoms with Crippen molar-refractivity contribution in [2.24, 2.45) is 0 Å². The number of rotatable bonds is 4. The Kier molecular flexibility index (Phi) is 5.62. The zero-order chi connectivity index (χ0) is 11.4. The first kappa shape index (κ1) is 14.2. The highest BCUT2D eigenvalue weighted by Crippen LogP contribution is 2.21. The Morgan fingerprint density at radius 3 is 2.59 bits per heavy atom. The molecule has 1 N–H and O–H groups in total. The molecule has 0 aliphatic heterocycles. The number of thiazole rings is 1. The molecule has 0 aliphatic rings. The molecule has 4 heteroatoms. The van der Waals surface area contributed by atoms with Gasteiger partial charge in [0.2, 0.25) is 0 Å². The van der Waals surface area contributed by atoms with Crippen LogP contribution < -0.4 is 0 Å². The van der Waals surface area contributed by atoms with Gasteiger partial charge in [-0.25, -0.2) is 4.98 Å². The smallest absolute Gasteiger partial charge is 0.0974 e. The average Bonchev–Trinajstić information content (AvgIpc) is 2.61. The summed E-state index contributed by atoms with van der Waals surface area (Å²) in [6.07, 6.45) is 1.61. The van der Waals surface area contributed by atoms with Gasteiger partial charge >= 0.3 is 0 Å². The van der Waals surface area contributed by atoms with Crippen molar-refractivity contribution in [3.8, 4) is 0 Å². The number of halogens is 1. The van der Waals surface area contributed by atoms with Crippen LogP contribution in [0.3, 0.4) is 0 Å². The molecule has 17 heavy (non-hydrogen) atoms. The molecule has 0 saturated carbocycles. The second kappa shape index (κ2) is 6.74. The molecule has 2 rings (SSSR count). The van der Waals surface area contributed by atoms with Gasteiger partial charge in [0.05, 0.1) is 10.7 Å². The maximum absolute atomic E-state index is 8.92. The number of hydrogen-bond donors (Lipinski definition) is 1. The SMILES string of the molecule is Cc1nc(Cc2ccccc2)sc1CCO.Cl. The van der Waals surface area contributed by atoms with Gasteiger partial charge < -0.3 is 5.11 Å². The second-order valence-corrected chi connectivity index (χ2v) is 4.92. The number of hydrogen-bond acceptors (Lipinski definition) is 3. The zero-order valence-electron chi connectivity index (χ0n) is 9.72. The summed E-state index contributed by atoms with van der Waals surface area (Å²) in [4.78, 5) is 5.73. The lowest BCUT2D eigenvalue weighted by atomic mass is 10.2. The first-order valence-electron chi connectivity index (χ1n) is 5.39. The molecule has 2 aromatic rings. The van der Waals surface area contributed by atoms with Gasteiger partial charge in [0.1, 0.15) is 0 Å². The Hall–Kier alpha value is -0.900. The van der Waals surface area contributed by atoms with Crippen LogP contribution in [0.4, 0.5) is 0 Å². The highest BCUT2D eigenvalue weighted by atomic mass is 35.5. The largest absolute Gasteiger partial charge is 0.396 e. The fourth-order valence-electron chi connectivity index (χ4n) is 1.67. The predicted octanol–water partition coefficient (Wildman–Crippen LogP) is 3.00. The summed E-state index contributed by atoms with van der Waals surface area (Å²) in [7, 11) is 0. The predicted molar refractivity (Wildman–Crippen MR) is 74.1 cm³/mol. The van der Waals surface area contributed by atoms with Crippen LogP contribution in [0, 0.1) is 6.92 Å². The van der Waals surface area contributed by atoms with Crippen LogP contribution >= 0.6 is 23.7 Å². The average molecular weight is 270 g/mol. The molecule has 0 aliphatic carbocycles. The summed E-state index contributed by atoms with van der Waals surface area (Å²) >= 11 is 1.71. The Morgan fingerprint density at radius 1 is 1.24 bits per heavy atom. The standard InChI is InChI=1S/C13H15NOS.ClH/c1-10-12(7-8-15)16-13(14-10)9-11-5-3-2-4-6-11;/h2-6,15H,7-9H2,1H3;1H. The molecule has 1 aromatic carbocycles. The molecule has 2 nitrogen and oxygen atoms in total. The van der Waals surface area contributed by atoms with Crippen molar-refractivity contribution in [1.82, 2.24) is 4.98 Å². The second-order valence-electron chi connectivity index (χ2n) is 3.75. The molecular weight excluding hydrogens is 254 g/mol. The van der Waals surface area contributed by atoms with E-state index in [9.17, 15) is 0 Å². The maximum Gasteiger partial charge on any atom is 0.0974 e. The number of nitrogens with zero attached hydrogens (tertiary/aromatic N) is 1. The first-order chi connectivity index (χ1) is 7.79. The summed E-state index contributed by atoms with van der Waals surface area (Å²) in [5.74, 6) is 0.